The summed E-state index contributed by atoms with van der Waals surface area (Å²) in [4.78, 5) is 34.4. The van der Waals surface area contributed by atoms with E-state index in [0.29, 0.717) is 11.3 Å². The van der Waals surface area contributed by atoms with Crippen molar-refractivity contribution in [1.29, 1.82) is 0 Å². The molecule has 0 aliphatic heterocycles. The predicted octanol–water partition coefficient (Wildman–Crippen LogP) is 2.57. The van der Waals surface area contributed by atoms with Crippen molar-refractivity contribution >= 4 is 29.1 Å². The van der Waals surface area contributed by atoms with Gasteiger partial charge >= 0.3 is 6.03 Å². The van der Waals surface area contributed by atoms with Gasteiger partial charge in [0.1, 0.15) is 23.7 Å². The molecule has 1 unspecified atom stereocenters. The van der Waals surface area contributed by atoms with E-state index in [9.17, 15) is 9.59 Å². The van der Waals surface area contributed by atoms with Gasteiger partial charge in [-0.1, -0.05) is 36.4 Å². The Hall–Kier alpha value is -3.94. The lowest BCUT2D eigenvalue weighted by atomic mass is 10.0. The van der Waals surface area contributed by atoms with Crippen molar-refractivity contribution in [3.05, 3.63) is 77.1 Å². The van der Waals surface area contributed by atoms with E-state index < -0.39 is 6.03 Å². The highest BCUT2D eigenvalue weighted by atomic mass is 16.2. The first-order valence-corrected chi connectivity index (χ1v) is 10.1. The van der Waals surface area contributed by atoms with E-state index in [0.717, 1.165) is 24.0 Å². The fourth-order valence-corrected chi connectivity index (χ4v) is 4.19. The zero-order valence-electron chi connectivity index (χ0n) is 17.0. The third kappa shape index (κ3) is 4.18. The smallest absolute Gasteiger partial charge is 0.319 e. The summed E-state index contributed by atoms with van der Waals surface area (Å²) in [5, 5.41) is 0. The molecule has 2 amide bonds. The Labute approximate surface area is 180 Å². The molecule has 31 heavy (non-hydrogen) atoms. The van der Waals surface area contributed by atoms with E-state index in [4.69, 9.17) is 17.2 Å². The number of ketones is 1. The van der Waals surface area contributed by atoms with E-state index >= 15 is 0 Å². The number of primary amides is 1. The molecule has 4 rings (SSSR count). The average molecular weight is 416 g/mol. The Morgan fingerprint density at radius 1 is 1.00 bits per heavy atom. The van der Waals surface area contributed by atoms with Crippen LogP contribution < -0.4 is 22.1 Å². The third-order valence-electron chi connectivity index (χ3n) is 5.63. The maximum Gasteiger partial charge on any atom is 0.319 e. The van der Waals surface area contributed by atoms with Crippen molar-refractivity contribution in [2.45, 2.75) is 31.7 Å². The van der Waals surface area contributed by atoms with Crippen LogP contribution in [0.15, 0.2) is 54.9 Å². The van der Waals surface area contributed by atoms with Gasteiger partial charge in [-0.25, -0.2) is 14.8 Å². The maximum atomic E-state index is 12.6. The molecule has 1 aliphatic rings. The van der Waals surface area contributed by atoms with Gasteiger partial charge in [-0.05, 0) is 41.7 Å². The summed E-state index contributed by atoms with van der Waals surface area (Å²) >= 11 is 0. The van der Waals surface area contributed by atoms with Crippen LogP contribution in [0.4, 0.5) is 22.1 Å². The molecule has 0 saturated carbocycles. The Morgan fingerprint density at radius 2 is 1.74 bits per heavy atom. The number of carbonyl (C=O) groups excluding carboxylic acids is 2. The number of amides is 2. The van der Waals surface area contributed by atoms with Crippen molar-refractivity contribution in [3.63, 3.8) is 0 Å². The molecule has 1 aliphatic carbocycles. The maximum absolute atomic E-state index is 12.6. The summed E-state index contributed by atoms with van der Waals surface area (Å²) < 4.78 is 0. The summed E-state index contributed by atoms with van der Waals surface area (Å²) in [6, 6.07) is 14.8. The van der Waals surface area contributed by atoms with Crippen LogP contribution in [0.1, 0.15) is 34.7 Å². The van der Waals surface area contributed by atoms with Crippen LogP contribution in [0, 0.1) is 0 Å². The Bertz CT molecular complexity index is 1130. The van der Waals surface area contributed by atoms with E-state index in [-0.39, 0.29) is 36.3 Å². The monoisotopic (exact) mass is 416 g/mol. The number of rotatable bonds is 6. The second-order valence-corrected chi connectivity index (χ2v) is 7.65. The topological polar surface area (TPSA) is 141 Å². The van der Waals surface area contributed by atoms with Crippen LogP contribution in [-0.4, -0.2) is 21.8 Å². The molecular weight excluding hydrogens is 392 g/mol. The lowest BCUT2D eigenvalue weighted by Crippen LogP contribution is -2.38. The highest BCUT2D eigenvalue weighted by Crippen LogP contribution is 2.38. The Kier molecular flexibility index (Phi) is 5.53. The number of nitrogens with zero attached hydrogens (tertiary/aromatic N) is 3. The fourth-order valence-electron chi connectivity index (χ4n) is 4.19. The van der Waals surface area contributed by atoms with E-state index in [2.05, 4.69) is 16.0 Å². The highest BCUT2D eigenvalue weighted by molar-refractivity contribution is 5.92. The number of nitrogen functional groups attached to an aromatic ring is 2. The number of hydrogen-bond donors (Lipinski definition) is 3. The second-order valence-electron chi connectivity index (χ2n) is 7.65. The number of nitrogens with two attached hydrogens (primary N) is 3. The summed E-state index contributed by atoms with van der Waals surface area (Å²) in [6.07, 6.45) is 3.16. The Balaban J connectivity index is 1.56. The van der Waals surface area contributed by atoms with Crippen molar-refractivity contribution < 1.29 is 9.59 Å². The molecule has 1 heterocycles. The van der Waals surface area contributed by atoms with Crippen molar-refractivity contribution in [1.82, 2.24) is 9.97 Å². The van der Waals surface area contributed by atoms with Gasteiger partial charge in [-0.3, -0.25) is 9.69 Å². The number of aryl methyl sites for hydroxylation is 1. The number of hydrogen-bond acceptors (Lipinski definition) is 6. The zero-order chi connectivity index (χ0) is 22.0. The van der Waals surface area contributed by atoms with Crippen LogP contribution >= 0.6 is 0 Å². The van der Waals surface area contributed by atoms with Gasteiger partial charge in [0.15, 0.2) is 0 Å². The van der Waals surface area contributed by atoms with E-state index in [1.165, 1.54) is 11.9 Å². The SMILES string of the molecule is NC(=O)N(c1cccc(CC(=O)Cc2c(N)ncnc2N)c1)C1CCc2ccccc21. The summed E-state index contributed by atoms with van der Waals surface area (Å²) in [6.45, 7) is 0. The fraction of sp³-hybridized carbons (Fsp3) is 0.217. The standard InChI is InChI=1S/C23H24N6O2/c24-21-19(22(25)28-13-27-21)12-17(30)11-14-4-3-6-16(10-14)29(23(26)31)20-9-8-15-5-1-2-7-18(15)20/h1-7,10,13,20H,8-9,11-12H2,(H2,26,31)(H4,24,25,27,28). The molecule has 1 atom stereocenters. The summed E-state index contributed by atoms with van der Waals surface area (Å²) in [5.74, 6) is 0.325. The average Bonchev–Trinajstić information content (AvgIpc) is 3.15. The van der Waals surface area contributed by atoms with Crippen LogP contribution in [0.2, 0.25) is 0 Å². The molecule has 0 radical (unpaired) electrons. The minimum Gasteiger partial charge on any atom is -0.383 e. The molecule has 3 aromatic rings. The van der Waals surface area contributed by atoms with E-state index in [1.807, 2.05) is 42.5 Å². The van der Waals surface area contributed by atoms with Crippen molar-refractivity contribution in [2.24, 2.45) is 5.73 Å². The first-order valence-electron chi connectivity index (χ1n) is 10.1. The predicted molar refractivity (Wildman–Crippen MR) is 119 cm³/mol. The molecular formula is C23H24N6O2. The van der Waals surface area contributed by atoms with Gasteiger partial charge in [-0.15, -0.1) is 0 Å². The van der Waals surface area contributed by atoms with Crippen LogP contribution in [0.25, 0.3) is 0 Å². The normalized spacial score (nSPS) is 14.8. The molecule has 0 fully saturated rings. The number of fused-ring (bicyclic) bond motifs is 1. The number of benzene rings is 2. The molecule has 0 spiro atoms. The van der Waals surface area contributed by atoms with Gasteiger partial charge < -0.3 is 17.2 Å². The summed E-state index contributed by atoms with van der Waals surface area (Å²) in [5.41, 5.74) is 21.6. The molecule has 158 valence electrons. The van der Waals surface area contributed by atoms with Crippen LogP contribution in [-0.2, 0) is 24.1 Å². The van der Waals surface area contributed by atoms with Gasteiger partial charge in [0.05, 0.1) is 6.04 Å². The molecule has 0 saturated heterocycles. The first-order chi connectivity index (χ1) is 14.9. The van der Waals surface area contributed by atoms with Gasteiger partial charge in [-0.2, -0.15) is 0 Å². The van der Waals surface area contributed by atoms with E-state index in [1.54, 1.807) is 4.90 Å². The molecule has 0 bridgehead atoms. The number of Topliss-reactive ketones (excluding diaryl/α,β-unsaturated/α-hetero) is 1. The van der Waals surface area contributed by atoms with Gasteiger partial charge in [0.25, 0.3) is 0 Å². The van der Waals surface area contributed by atoms with Crippen LogP contribution in [0.5, 0.6) is 0 Å². The molecule has 8 heteroatoms. The molecule has 8 nitrogen and oxygen atoms in total. The quantitative estimate of drug-likeness (QED) is 0.564. The van der Waals surface area contributed by atoms with Crippen LogP contribution in [0.3, 0.4) is 0 Å². The first kappa shape index (κ1) is 20.3. The molecule has 1 aromatic heterocycles. The second kappa shape index (κ2) is 8.43. The summed E-state index contributed by atoms with van der Waals surface area (Å²) in [7, 11) is 0. The van der Waals surface area contributed by atoms with Gasteiger partial charge in [0.2, 0.25) is 0 Å². The minimum absolute atomic E-state index is 0.0399. The highest BCUT2D eigenvalue weighted by Gasteiger charge is 2.31. The lowest BCUT2D eigenvalue weighted by Gasteiger charge is -2.28. The zero-order valence-corrected chi connectivity index (χ0v) is 17.0. The third-order valence-corrected chi connectivity index (χ3v) is 5.63. The number of anilines is 3. The lowest BCUT2D eigenvalue weighted by molar-refractivity contribution is -0.117. The van der Waals surface area contributed by atoms with Gasteiger partial charge in [0, 0.05) is 24.1 Å². The minimum atomic E-state index is -0.521. The Morgan fingerprint density at radius 3 is 2.48 bits per heavy atom. The largest absolute Gasteiger partial charge is 0.383 e. The number of urea groups is 1. The number of aromatic nitrogens is 2. The molecule has 6 N–H and O–H groups in total. The number of carbonyl (C=O) groups is 2. The van der Waals surface area contributed by atoms with Crippen molar-refractivity contribution in [3.8, 4) is 0 Å². The van der Waals surface area contributed by atoms with Crippen molar-refractivity contribution in [2.75, 3.05) is 16.4 Å². The molecule has 2 aromatic carbocycles.